The molecule has 26 heavy (non-hydrogen) atoms. The normalized spacial score (nSPS) is 11.9. The van der Waals surface area contributed by atoms with Crippen molar-refractivity contribution in [2.75, 3.05) is 4.72 Å². The second-order valence-electron chi connectivity index (χ2n) is 7.25. The second kappa shape index (κ2) is 7.29. The van der Waals surface area contributed by atoms with Crippen molar-refractivity contribution in [1.82, 2.24) is 5.32 Å². The Balaban J connectivity index is 2.38. The van der Waals surface area contributed by atoms with E-state index in [1.807, 2.05) is 40.7 Å². The molecule has 0 bridgehead atoms. The highest BCUT2D eigenvalue weighted by Crippen LogP contribution is 2.26. The minimum Gasteiger partial charge on any atom is -0.347 e. The van der Waals surface area contributed by atoms with Crippen molar-refractivity contribution in [3.8, 4) is 0 Å². The molecule has 0 saturated carbocycles. The third-order valence-corrected chi connectivity index (χ3v) is 5.59. The number of carbonyl (C=O) groups is 1. The summed E-state index contributed by atoms with van der Waals surface area (Å²) < 4.78 is 28.0. The first-order valence-corrected chi connectivity index (χ1v) is 9.97. The molecule has 0 aromatic heterocycles. The largest absolute Gasteiger partial charge is 0.347 e. The van der Waals surface area contributed by atoms with Crippen LogP contribution < -0.4 is 10.0 Å². The summed E-state index contributed by atoms with van der Waals surface area (Å²) in [4.78, 5) is 12.2. The highest BCUT2D eigenvalue weighted by molar-refractivity contribution is 7.92. The van der Waals surface area contributed by atoms with Gasteiger partial charge in [-0.25, -0.2) is 8.42 Å². The monoisotopic (exact) mass is 394 g/mol. The Labute approximate surface area is 159 Å². The Kier molecular flexibility index (Phi) is 5.68. The number of halogens is 1. The molecule has 0 aliphatic carbocycles. The molecular weight excluding hydrogens is 372 g/mol. The molecule has 7 heteroatoms. The van der Waals surface area contributed by atoms with E-state index in [0.29, 0.717) is 5.69 Å². The molecular formula is C19H23ClN2O3S. The van der Waals surface area contributed by atoms with Crippen LogP contribution in [0.5, 0.6) is 0 Å². The molecule has 0 atom stereocenters. The van der Waals surface area contributed by atoms with E-state index in [9.17, 15) is 13.2 Å². The van der Waals surface area contributed by atoms with Gasteiger partial charge in [0.05, 0.1) is 5.02 Å². The SMILES string of the molecule is Cc1ccc(NS(=O)(=O)c2cc(C(=O)NC(C)(C)C)ccc2Cl)cc1C. The fraction of sp³-hybridized carbons (Fsp3) is 0.316. The summed E-state index contributed by atoms with van der Waals surface area (Å²) in [6.07, 6.45) is 0. The summed E-state index contributed by atoms with van der Waals surface area (Å²) in [6, 6.07) is 9.46. The standard InChI is InChI=1S/C19H23ClN2O3S/c1-12-6-8-15(10-13(12)2)22-26(24,25)17-11-14(7-9-16(17)20)18(23)21-19(3,4)5/h6-11,22H,1-5H3,(H,21,23). The number of aryl methyl sites for hydroxylation is 2. The first-order valence-electron chi connectivity index (χ1n) is 8.11. The van der Waals surface area contributed by atoms with Crippen LogP contribution in [0.1, 0.15) is 42.3 Å². The third kappa shape index (κ3) is 4.99. The van der Waals surface area contributed by atoms with E-state index in [-0.39, 0.29) is 21.4 Å². The lowest BCUT2D eigenvalue weighted by Crippen LogP contribution is -2.40. The van der Waals surface area contributed by atoms with Crippen LogP contribution >= 0.6 is 11.6 Å². The number of amides is 1. The van der Waals surface area contributed by atoms with E-state index in [1.165, 1.54) is 18.2 Å². The van der Waals surface area contributed by atoms with Gasteiger partial charge in [-0.05, 0) is 76.1 Å². The number of sulfonamides is 1. The minimum absolute atomic E-state index is 0.0497. The van der Waals surface area contributed by atoms with Crippen molar-refractivity contribution in [3.05, 3.63) is 58.1 Å². The topological polar surface area (TPSA) is 75.3 Å². The van der Waals surface area contributed by atoms with Crippen molar-refractivity contribution in [2.45, 2.75) is 45.1 Å². The van der Waals surface area contributed by atoms with Gasteiger partial charge < -0.3 is 5.32 Å². The molecule has 0 unspecified atom stereocenters. The Morgan fingerprint density at radius 3 is 2.23 bits per heavy atom. The number of carbonyl (C=O) groups excluding carboxylic acids is 1. The van der Waals surface area contributed by atoms with Gasteiger partial charge in [-0.1, -0.05) is 17.7 Å². The maximum atomic E-state index is 12.8. The van der Waals surface area contributed by atoms with Gasteiger partial charge in [0.1, 0.15) is 4.90 Å². The minimum atomic E-state index is -3.94. The van der Waals surface area contributed by atoms with Gasteiger partial charge in [0.2, 0.25) is 0 Å². The van der Waals surface area contributed by atoms with Crippen molar-refractivity contribution in [3.63, 3.8) is 0 Å². The predicted molar refractivity (Wildman–Crippen MR) is 105 cm³/mol. The molecule has 2 aromatic carbocycles. The van der Waals surface area contributed by atoms with Gasteiger partial charge in [0.15, 0.2) is 0 Å². The number of benzene rings is 2. The van der Waals surface area contributed by atoms with E-state index in [0.717, 1.165) is 11.1 Å². The van der Waals surface area contributed by atoms with E-state index in [1.54, 1.807) is 12.1 Å². The highest BCUT2D eigenvalue weighted by atomic mass is 35.5. The Morgan fingerprint density at radius 2 is 1.65 bits per heavy atom. The molecule has 2 N–H and O–H groups in total. The Hall–Kier alpha value is -2.05. The van der Waals surface area contributed by atoms with Crippen LogP contribution in [0.4, 0.5) is 5.69 Å². The van der Waals surface area contributed by atoms with Gasteiger partial charge in [-0.2, -0.15) is 0 Å². The first-order chi connectivity index (χ1) is 11.9. The number of hydrogen-bond donors (Lipinski definition) is 2. The molecule has 0 aliphatic heterocycles. The average molecular weight is 395 g/mol. The molecule has 0 fully saturated rings. The number of hydrogen-bond acceptors (Lipinski definition) is 3. The van der Waals surface area contributed by atoms with E-state index in [4.69, 9.17) is 11.6 Å². The lowest BCUT2D eigenvalue weighted by molar-refractivity contribution is 0.0919. The lowest BCUT2D eigenvalue weighted by Gasteiger charge is -2.20. The van der Waals surface area contributed by atoms with E-state index >= 15 is 0 Å². The molecule has 5 nitrogen and oxygen atoms in total. The second-order valence-corrected chi connectivity index (χ2v) is 9.31. The summed E-state index contributed by atoms with van der Waals surface area (Å²) in [5.41, 5.74) is 2.26. The smallest absolute Gasteiger partial charge is 0.263 e. The van der Waals surface area contributed by atoms with E-state index < -0.39 is 15.6 Å². The lowest BCUT2D eigenvalue weighted by atomic mass is 10.1. The highest BCUT2D eigenvalue weighted by Gasteiger charge is 2.22. The molecule has 140 valence electrons. The first kappa shape index (κ1) is 20.3. The molecule has 2 aromatic rings. The fourth-order valence-corrected chi connectivity index (χ4v) is 3.85. The summed E-state index contributed by atoms with van der Waals surface area (Å²) in [6.45, 7) is 9.39. The van der Waals surface area contributed by atoms with Gasteiger partial charge in [-0.3, -0.25) is 9.52 Å². The van der Waals surface area contributed by atoms with Crippen LogP contribution in [0.3, 0.4) is 0 Å². The molecule has 2 rings (SSSR count). The van der Waals surface area contributed by atoms with Crippen molar-refractivity contribution >= 4 is 33.2 Å². The maximum absolute atomic E-state index is 12.8. The summed E-state index contributed by atoms with van der Waals surface area (Å²) in [5.74, 6) is -0.364. The fourth-order valence-electron chi connectivity index (χ4n) is 2.28. The quantitative estimate of drug-likeness (QED) is 0.812. The van der Waals surface area contributed by atoms with Gasteiger partial charge in [0.25, 0.3) is 15.9 Å². The van der Waals surface area contributed by atoms with Crippen LogP contribution in [0, 0.1) is 13.8 Å². The molecule has 0 aliphatic rings. The zero-order valence-corrected chi connectivity index (χ0v) is 17.0. The third-order valence-electron chi connectivity index (χ3n) is 3.73. The van der Waals surface area contributed by atoms with Gasteiger partial charge in [-0.15, -0.1) is 0 Å². The van der Waals surface area contributed by atoms with Gasteiger partial charge >= 0.3 is 0 Å². The van der Waals surface area contributed by atoms with Gasteiger partial charge in [0, 0.05) is 16.8 Å². The molecule has 0 spiro atoms. The zero-order chi connectivity index (χ0) is 19.7. The molecule has 0 radical (unpaired) electrons. The molecule has 1 amide bonds. The molecule has 0 saturated heterocycles. The van der Waals surface area contributed by atoms with E-state index in [2.05, 4.69) is 10.0 Å². The van der Waals surface area contributed by atoms with Crippen LogP contribution in [-0.2, 0) is 10.0 Å². The van der Waals surface area contributed by atoms with Crippen LogP contribution in [0.2, 0.25) is 5.02 Å². The van der Waals surface area contributed by atoms with Crippen LogP contribution in [0.25, 0.3) is 0 Å². The number of nitrogens with one attached hydrogen (secondary N) is 2. The summed E-state index contributed by atoms with van der Waals surface area (Å²) in [7, 11) is -3.94. The Morgan fingerprint density at radius 1 is 1.00 bits per heavy atom. The van der Waals surface area contributed by atoms with Crippen molar-refractivity contribution in [1.29, 1.82) is 0 Å². The Bertz CT molecular complexity index is 948. The van der Waals surface area contributed by atoms with Crippen LogP contribution in [-0.4, -0.2) is 19.9 Å². The summed E-state index contributed by atoms with van der Waals surface area (Å²) in [5, 5.41) is 2.85. The zero-order valence-electron chi connectivity index (χ0n) is 15.5. The van der Waals surface area contributed by atoms with Crippen LogP contribution in [0.15, 0.2) is 41.3 Å². The average Bonchev–Trinajstić information content (AvgIpc) is 2.49. The maximum Gasteiger partial charge on any atom is 0.263 e. The van der Waals surface area contributed by atoms with Crippen molar-refractivity contribution < 1.29 is 13.2 Å². The van der Waals surface area contributed by atoms with Crippen molar-refractivity contribution in [2.24, 2.45) is 0 Å². The number of anilines is 1. The molecule has 0 heterocycles. The number of rotatable bonds is 4. The summed E-state index contributed by atoms with van der Waals surface area (Å²) >= 11 is 6.09. The predicted octanol–water partition coefficient (Wildman–Crippen LogP) is 4.29.